The number of hydrogen-bond donors (Lipinski definition) is 1. The molecule has 0 bridgehead atoms. The van der Waals surface area contributed by atoms with Crippen LogP contribution in [0.3, 0.4) is 0 Å². The Kier molecular flexibility index (Phi) is 5.15. The zero-order valence-corrected chi connectivity index (χ0v) is 14.7. The van der Waals surface area contributed by atoms with Crippen LogP contribution in [-0.2, 0) is 6.54 Å². The van der Waals surface area contributed by atoms with Gasteiger partial charge in [0.2, 0.25) is 0 Å². The van der Waals surface area contributed by atoms with Gasteiger partial charge < -0.3 is 19.7 Å². The van der Waals surface area contributed by atoms with Crippen molar-refractivity contribution in [3.8, 4) is 11.5 Å². The molecule has 2 aromatic rings. The Labute approximate surface area is 147 Å². The topological polar surface area (TPSA) is 46.6 Å². The van der Waals surface area contributed by atoms with E-state index in [-0.39, 0.29) is 0 Å². The summed E-state index contributed by atoms with van der Waals surface area (Å²) in [5.41, 5.74) is 1.86. The number of ether oxygens (including phenoxy) is 2. The van der Waals surface area contributed by atoms with Crippen LogP contribution in [0.4, 0.5) is 5.69 Å². The number of pyridine rings is 1. The summed E-state index contributed by atoms with van der Waals surface area (Å²) < 4.78 is 10.6. The van der Waals surface area contributed by atoms with Crippen molar-refractivity contribution in [2.75, 3.05) is 19.5 Å². The molecule has 1 saturated carbocycles. The van der Waals surface area contributed by atoms with E-state index in [9.17, 15) is 0 Å². The Morgan fingerprint density at radius 3 is 2.46 bits per heavy atom. The van der Waals surface area contributed by atoms with Crippen molar-refractivity contribution in [3.05, 3.63) is 48.3 Å². The summed E-state index contributed by atoms with van der Waals surface area (Å²) in [6.45, 7) is 0.707. The van der Waals surface area contributed by atoms with Crippen molar-refractivity contribution in [2.45, 2.75) is 25.4 Å². The van der Waals surface area contributed by atoms with E-state index in [1.165, 1.54) is 0 Å². The minimum atomic E-state index is 0.486. The third-order valence-corrected chi connectivity index (χ3v) is 4.25. The Bertz CT molecular complexity index is 682. The van der Waals surface area contributed by atoms with Gasteiger partial charge in [-0.2, -0.15) is 0 Å². The van der Waals surface area contributed by atoms with Crippen LogP contribution in [0.15, 0.2) is 42.6 Å². The van der Waals surface area contributed by atoms with Gasteiger partial charge in [-0.3, -0.25) is 4.98 Å². The lowest BCUT2D eigenvalue weighted by Gasteiger charge is -2.25. The predicted molar refractivity (Wildman–Crippen MR) is 98.6 cm³/mol. The Morgan fingerprint density at radius 2 is 1.92 bits per heavy atom. The maximum Gasteiger partial charge on any atom is 0.174 e. The van der Waals surface area contributed by atoms with Gasteiger partial charge in [-0.25, -0.2) is 0 Å². The van der Waals surface area contributed by atoms with Crippen LogP contribution in [0.25, 0.3) is 0 Å². The molecule has 0 amide bonds. The van der Waals surface area contributed by atoms with E-state index in [4.69, 9.17) is 21.7 Å². The molecule has 1 aromatic carbocycles. The van der Waals surface area contributed by atoms with Crippen LogP contribution in [0.1, 0.15) is 18.5 Å². The SMILES string of the molecule is COc1cc(NC(=S)N(Cc2ccccn2)C2CC2)cc(OC)c1. The van der Waals surface area contributed by atoms with E-state index >= 15 is 0 Å². The molecule has 0 spiro atoms. The molecule has 1 heterocycles. The van der Waals surface area contributed by atoms with E-state index in [2.05, 4.69) is 15.2 Å². The first-order valence-corrected chi connectivity index (χ1v) is 8.31. The number of benzene rings is 1. The molecule has 1 aromatic heterocycles. The van der Waals surface area contributed by atoms with Gasteiger partial charge in [-0.05, 0) is 37.2 Å². The van der Waals surface area contributed by atoms with Crippen molar-refractivity contribution in [1.82, 2.24) is 9.88 Å². The van der Waals surface area contributed by atoms with Gasteiger partial charge in [-0.15, -0.1) is 0 Å². The summed E-state index contributed by atoms with van der Waals surface area (Å²) in [5.74, 6) is 1.45. The molecule has 126 valence electrons. The quantitative estimate of drug-likeness (QED) is 0.811. The largest absolute Gasteiger partial charge is 0.497 e. The van der Waals surface area contributed by atoms with Crippen molar-refractivity contribution in [2.24, 2.45) is 0 Å². The van der Waals surface area contributed by atoms with Gasteiger partial charge in [0.1, 0.15) is 11.5 Å². The number of anilines is 1. The molecule has 3 rings (SSSR count). The van der Waals surface area contributed by atoms with E-state index in [0.717, 1.165) is 35.7 Å². The molecule has 1 N–H and O–H groups in total. The number of thiocarbonyl (C=S) groups is 1. The van der Waals surface area contributed by atoms with Crippen LogP contribution in [0, 0.1) is 0 Å². The molecule has 1 fully saturated rings. The van der Waals surface area contributed by atoms with Crippen molar-refractivity contribution in [3.63, 3.8) is 0 Å². The van der Waals surface area contributed by atoms with E-state index in [1.807, 2.05) is 42.6 Å². The number of methoxy groups -OCH3 is 2. The summed E-state index contributed by atoms with van der Waals surface area (Å²) in [7, 11) is 3.27. The molecule has 24 heavy (non-hydrogen) atoms. The average Bonchev–Trinajstić information content (AvgIpc) is 3.45. The molecule has 1 aliphatic rings. The van der Waals surface area contributed by atoms with Gasteiger partial charge in [0.25, 0.3) is 0 Å². The minimum absolute atomic E-state index is 0.486. The summed E-state index contributed by atoms with van der Waals surface area (Å²) in [4.78, 5) is 6.60. The smallest absolute Gasteiger partial charge is 0.174 e. The number of aromatic nitrogens is 1. The molecule has 0 aliphatic heterocycles. The number of nitrogens with one attached hydrogen (secondary N) is 1. The molecule has 1 aliphatic carbocycles. The predicted octanol–water partition coefficient (Wildman–Crippen LogP) is 3.46. The first-order chi connectivity index (χ1) is 11.7. The molecule has 0 unspecified atom stereocenters. The van der Waals surface area contributed by atoms with Crippen LogP contribution in [0.5, 0.6) is 11.5 Å². The standard InChI is InChI=1S/C18H21N3O2S/c1-22-16-9-14(10-17(11-16)23-2)20-18(24)21(15-6-7-15)12-13-5-3-4-8-19-13/h3-5,8-11,15H,6-7,12H2,1-2H3,(H,20,24). The summed E-state index contributed by atoms with van der Waals surface area (Å²) in [5, 5.41) is 4.00. The first-order valence-electron chi connectivity index (χ1n) is 7.90. The van der Waals surface area contributed by atoms with Gasteiger partial charge in [0.15, 0.2) is 5.11 Å². The van der Waals surface area contributed by atoms with Crippen LogP contribution >= 0.6 is 12.2 Å². The second-order valence-electron chi connectivity index (χ2n) is 5.71. The number of rotatable bonds is 6. The van der Waals surface area contributed by atoms with Gasteiger partial charge in [0, 0.05) is 36.1 Å². The Hall–Kier alpha value is -2.34. The molecule has 5 nitrogen and oxygen atoms in total. The lowest BCUT2D eigenvalue weighted by atomic mass is 10.2. The second-order valence-corrected chi connectivity index (χ2v) is 6.10. The fraction of sp³-hybridized carbons (Fsp3) is 0.333. The molecule has 0 radical (unpaired) electrons. The maximum absolute atomic E-state index is 5.64. The van der Waals surface area contributed by atoms with E-state index in [1.54, 1.807) is 14.2 Å². The van der Waals surface area contributed by atoms with Gasteiger partial charge in [0.05, 0.1) is 26.5 Å². The zero-order valence-electron chi connectivity index (χ0n) is 13.9. The van der Waals surface area contributed by atoms with Crippen molar-refractivity contribution in [1.29, 1.82) is 0 Å². The van der Waals surface area contributed by atoms with Crippen molar-refractivity contribution >= 4 is 23.0 Å². The fourth-order valence-electron chi connectivity index (χ4n) is 2.49. The van der Waals surface area contributed by atoms with Crippen LogP contribution in [-0.4, -0.2) is 35.3 Å². The lowest BCUT2D eigenvalue weighted by Crippen LogP contribution is -2.36. The third kappa shape index (κ3) is 4.14. The van der Waals surface area contributed by atoms with Crippen molar-refractivity contribution < 1.29 is 9.47 Å². The summed E-state index contributed by atoms with van der Waals surface area (Å²) >= 11 is 5.64. The van der Waals surface area contributed by atoms with E-state index < -0.39 is 0 Å². The first kappa shape index (κ1) is 16.5. The number of hydrogen-bond acceptors (Lipinski definition) is 4. The zero-order chi connectivity index (χ0) is 16.9. The van der Waals surface area contributed by atoms with E-state index in [0.29, 0.717) is 17.7 Å². The molecule has 6 heteroatoms. The highest BCUT2D eigenvalue weighted by Crippen LogP contribution is 2.30. The summed E-state index contributed by atoms with van der Waals surface area (Å²) in [6.07, 6.45) is 4.13. The lowest BCUT2D eigenvalue weighted by molar-refractivity contribution is 0.394. The summed E-state index contributed by atoms with van der Waals surface area (Å²) in [6, 6.07) is 12.1. The highest BCUT2D eigenvalue weighted by molar-refractivity contribution is 7.80. The van der Waals surface area contributed by atoms with Gasteiger partial charge >= 0.3 is 0 Å². The maximum atomic E-state index is 5.64. The average molecular weight is 343 g/mol. The Morgan fingerprint density at radius 1 is 1.21 bits per heavy atom. The van der Waals surface area contributed by atoms with Crippen LogP contribution in [0.2, 0.25) is 0 Å². The fourth-order valence-corrected chi connectivity index (χ4v) is 2.83. The number of nitrogens with zero attached hydrogens (tertiary/aromatic N) is 2. The van der Waals surface area contributed by atoms with Crippen LogP contribution < -0.4 is 14.8 Å². The second kappa shape index (κ2) is 7.49. The third-order valence-electron chi connectivity index (χ3n) is 3.91. The molecular formula is C18H21N3O2S. The monoisotopic (exact) mass is 343 g/mol. The highest BCUT2D eigenvalue weighted by Gasteiger charge is 2.31. The molecule has 0 atom stereocenters. The van der Waals surface area contributed by atoms with Gasteiger partial charge in [-0.1, -0.05) is 6.07 Å². The molecule has 0 saturated heterocycles. The normalized spacial score (nSPS) is 13.2. The highest BCUT2D eigenvalue weighted by atomic mass is 32.1. The Balaban J connectivity index is 1.74. The minimum Gasteiger partial charge on any atom is -0.497 e. The molecular weight excluding hydrogens is 322 g/mol.